The summed E-state index contributed by atoms with van der Waals surface area (Å²) in [5, 5.41) is 2.30. The van der Waals surface area contributed by atoms with Crippen LogP contribution in [0.2, 0.25) is 0 Å². The number of piperazine rings is 1. The number of nitrogens with zero attached hydrogens (tertiary/aromatic N) is 6. The second kappa shape index (κ2) is 17.7. The van der Waals surface area contributed by atoms with Gasteiger partial charge in [-0.15, -0.1) is 0 Å². The van der Waals surface area contributed by atoms with Crippen LogP contribution in [-0.4, -0.2) is 107 Å². The molecular formula is C46H63F2N9O5. The van der Waals surface area contributed by atoms with Crippen LogP contribution in [0, 0.1) is 17.6 Å². The van der Waals surface area contributed by atoms with E-state index in [1.807, 2.05) is 31.7 Å². The van der Waals surface area contributed by atoms with Crippen LogP contribution in [0.3, 0.4) is 0 Å². The van der Waals surface area contributed by atoms with Crippen LogP contribution in [0.25, 0.3) is 0 Å². The molecule has 16 heteroatoms. The fraction of sp³-hybridized carbons (Fsp3) is 0.587. The molecule has 2 saturated carbocycles. The first-order valence-corrected chi connectivity index (χ1v) is 22.8. The predicted octanol–water partition coefficient (Wildman–Crippen LogP) is 6.35. The lowest BCUT2D eigenvalue weighted by atomic mass is 9.86. The van der Waals surface area contributed by atoms with Gasteiger partial charge in [0.2, 0.25) is 11.8 Å². The first-order chi connectivity index (χ1) is 30.1. The summed E-state index contributed by atoms with van der Waals surface area (Å²) in [6, 6.07) is 7.67. The summed E-state index contributed by atoms with van der Waals surface area (Å²) in [7, 11) is 0. The third kappa shape index (κ3) is 8.70. The summed E-state index contributed by atoms with van der Waals surface area (Å²) >= 11 is 0. The molecule has 336 valence electrons. The number of ether oxygens (including phenoxy) is 2. The van der Waals surface area contributed by atoms with Gasteiger partial charge >= 0.3 is 0 Å². The van der Waals surface area contributed by atoms with Gasteiger partial charge in [0.1, 0.15) is 23.8 Å². The van der Waals surface area contributed by atoms with E-state index in [0.717, 1.165) is 101 Å². The number of hydrazine groups is 1. The smallest absolute Gasteiger partial charge is 0.255 e. The lowest BCUT2D eigenvalue weighted by Gasteiger charge is -2.39. The summed E-state index contributed by atoms with van der Waals surface area (Å²) < 4.78 is 43.4. The van der Waals surface area contributed by atoms with Crippen molar-refractivity contribution >= 4 is 34.9 Å². The number of nitrogens with one attached hydrogen (secondary N) is 3. The minimum atomic E-state index is -0.769. The molecule has 3 saturated heterocycles. The largest absolute Gasteiger partial charge is 0.484 e. The molecule has 14 nitrogen and oxygen atoms in total. The fourth-order valence-electron chi connectivity index (χ4n) is 10.0. The zero-order valence-corrected chi connectivity index (χ0v) is 36.1. The quantitative estimate of drug-likeness (QED) is 0.196. The van der Waals surface area contributed by atoms with E-state index >= 15 is 4.39 Å². The third-order valence-electron chi connectivity index (χ3n) is 13.8. The molecular weight excluding hydrogens is 797 g/mol. The highest BCUT2D eigenvalue weighted by atomic mass is 19.1. The first-order valence-electron chi connectivity index (χ1n) is 22.8. The normalized spacial score (nSPS) is 26.0. The average molecular weight is 860 g/mol. The number of halogens is 2. The molecule has 2 unspecified atom stereocenters. The lowest BCUT2D eigenvalue weighted by Crippen LogP contribution is -2.52. The molecule has 6 heterocycles. The van der Waals surface area contributed by atoms with Gasteiger partial charge in [-0.05, 0) is 88.8 Å². The number of carbonyl (C=O) groups excluding carboxylic acids is 3. The van der Waals surface area contributed by atoms with Crippen LogP contribution in [0.5, 0.6) is 5.75 Å². The van der Waals surface area contributed by atoms with Crippen LogP contribution in [0.4, 0.5) is 26.0 Å². The number of benzene rings is 2. The standard InChI is InChI=1S/C44H53F2N9O5.C2H6.2H2/c1-44(12-13-44)60-37-20-30-33(21-32(37)45)50-51-41(30)34-22-38(48-25-47-34)54-18-16-52(17-19-54)23-26-2-4-27(5-3-26)59-28-10-14-53(15-11-28)35-7-6-29-31(40(35)46)24-55(43(29)58)36-8-9-39(56)49-42(36)57;1-2;;/h6-7,20-22,25-28,36,41,50-51H,2-5,8-19,23-24H2,1H3,(H,49,56,57);1-2H3;2*1H. The minimum absolute atomic E-state index is 0. The lowest BCUT2D eigenvalue weighted by molar-refractivity contribution is -0.136. The number of anilines is 3. The number of rotatable bonds is 10. The highest BCUT2D eigenvalue weighted by Gasteiger charge is 2.43. The van der Waals surface area contributed by atoms with E-state index in [-0.39, 0.29) is 69.5 Å². The Kier molecular flexibility index (Phi) is 12.1. The molecule has 5 fully saturated rings. The molecule has 3 aromatic rings. The highest BCUT2D eigenvalue weighted by molar-refractivity contribution is 6.05. The van der Waals surface area contributed by atoms with E-state index in [0.29, 0.717) is 41.5 Å². The van der Waals surface area contributed by atoms with E-state index in [1.165, 1.54) is 11.0 Å². The van der Waals surface area contributed by atoms with E-state index in [1.54, 1.807) is 24.5 Å². The van der Waals surface area contributed by atoms with Crippen molar-refractivity contribution in [1.82, 2.24) is 30.5 Å². The van der Waals surface area contributed by atoms with Crippen molar-refractivity contribution in [3.05, 3.63) is 70.7 Å². The van der Waals surface area contributed by atoms with Gasteiger partial charge in [0.05, 0.1) is 41.9 Å². The second-order valence-corrected chi connectivity index (χ2v) is 18.0. The molecule has 3 amide bonds. The topological polar surface area (TPSA) is 144 Å². The van der Waals surface area contributed by atoms with E-state index in [9.17, 15) is 18.8 Å². The van der Waals surface area contributed by atoms with Crippen molar-refractivity contribution in [2.45, 2.75) is 121 Å². The van der Waals surface area contributed by atoms with Crippen molar-refractivity contribution in [2.24, 2.45) is 5.92 Å². The number of imide groups is 1. The molecule has 5 aliphatic heterocycles. The summed E-state index contributed by atoms with van der Waals surface area (Å²) in [5.74, 6) is -0.159. The highest BCUT2D eigenvalue weighted by Crippen LogP contribution is 2.44. The number of hydrogen-bond donors (Lipinski definition) is 3. The van der Waals surface area contributed by atoms with Gasteiger partial charge in [0.15, 0.2) is 17.4 Å². The van der Waals surface area contributed by atoms with Gasteiger partial charge in [-0.2, -0.15) is 0 Å². The molecule has 7 aliphatic rings. The van der Waals surface area contributed by atoms with Crippen LogP contribution in [0.1, 0.15) is 121 Å². The molecule has 0 radical (unpaired) electrons. The molecule has 2 aromatic carbocycles. The summed E-state index contributed by atoms with van der Waals surface area (Å²) in [4.78, 5) is 54.8. The minimum Gasteiger partial charge on any atom is -0.484 e. The van der Waals surface area contributed by atoms with Crippen molar-refractivity contribution < 1.29 is 35.5 Å². The maximum atomic E-state index is 15.9. The molecule has 2 atom stereocenters. The average Bonchev–Trinajstić information content (AvgIpc) is 3.72. The Morgan fingerprint density at radius 2 is 1.61 bits per heavy atom. The molecule has 0 spiro atoms. The van der Waals surface area contributed by atoms with E-state index < -0.39 is 17.8 Å². The Balaban J connectivity index is 0.00000151. The van der Waals surface area contributed by atoms with Gasteiger partial charge in [-0.1, -0.05) is 13.8 Å². The SMILES string of the molecule is CC.CC1(Oc2cc3c(cc2F)NNC3c2cc(N3CCN(CC4CCC(OC5CCN(c6ccc7c(c6F)CN(C6CCC(=O)NC6=O)C7=O)CC5)CC4)CC3)ncn2)CC1.[HH].[HH]. The van der Waals surface area contributed by atoms with E-state index in [4.69, 9.17) is 9.47 Å². The maximum Gasteiger partial charge on any atom is 0.255 e. The number of hydrogen-bond acceptors (Lipinski definition) is 12. The van der Waals surface area contributed by atoms with Gasteiger partial charge in [-0.25, -0.2) is 24.2 Å². The van der Waals surface area contributed by atoms with Crippen molar-refractivity contribution in [3.8, 4) is 5.75 Å². The van der Waals surface area contributed by atoms with E-state index in [2.05, 4.69) is 35.9 Å². The molecule has 1 aromatic heterocycles. The zero-order valence-electron chi connectivity index (χ0n) is 36.1. The number of aromatic nitrogens is 2. The summed E-state index contributed by atoms with van der Waals surface area (Å²) in [6.45, 7) is 12.2. The molecule has 3 N–H and O–H groups in total. The monoisotopic (exact) mass is 859 g/mol. The Hall–Kier alpha value is -4.93. The summed E-state index contributed by atoms with van der Waals surface area (Å²) in [5.41, 5.74) is 9.63. The van der Waals surface area contributed by atoms with Crippen LogP contribution in [-0.2, 0) is 20.9 Å². The third-order valence-corrected chi connectivity index (χ3v) is 13.8. The molecule has 2 aliphatic carbocycles. The molecule has 0 bridgehead atoms. The Morgan fingerprint density at radius 3 is 2.34 bits per heavy atom. The van der Waals surface area contributed by atoms with Crippen LogP contribution in [0.15, 0.2) is 36.7 Å². The Morgan fingerprint density at radius 1 is 0.871 bits per heavy atom. The maximum absolute atomic E-state index is 15.9. The molecule has 10 rings (SSSR count). The Labute approximate surface area is 365 Å². The summed E-state index contributed by atoms with van der Waals surface area (Å²) in [6.07, 6.45) is 10.3. The molecule has 62 heavy (non-hydrogen) atoms. The number of amides is 3. The van der Waals surface area contributed by atoms with Crippen LogP contribution >= 0.6 is 0 Å². The number of fused-ring (bicyclic) bond motifs is 2. The number of carbonyl (C=O) groups is 3. The van der Waals surface area contributed by atoms with Crippen molar-refractivity contribution in [1.29, 1.82) is 0 Å². The predicted molar refractivity (Wildman–Crippen MR) is 234 cm³/mol. The van der Waals surface area contributed by atoms with Gasteiger partial charge in [0.25, 0.3) is 5.91 Å². The fourth-order valence-corrected chi connectivity index (χ4v) is 10.0. The van der Waals surface area contributed by atoms with Gasteiger partial charge in [0, 0.05) is 83.9 Å². The number of piperidine rings is 2. The zero-order chi connectivity index (χ0) is 43.1. The first kappa shape index (κ1) is 42.4. The second-order valence-electron chi connectivity index (χ2n) is 18.0. The Bertz CT molecular complexity index is 2180. The van der Waals surface area contributed by atoms with Crippen molar-refractivity contribution in [3.63, 3.8) is 0 Å². The van der Waals surface area contributed by atoms with Gasteiger partial charge in [-0.3, -0.25) is 24.6 Å². The van der Waals surface area contributed by atoms with Crippen LogP contribution < -0.4 is 30.7 Å². The van der Waals surface area contributed by atoms with Crippen molar-refractivity contribution in [2.75, 3.05) is 61.0 Å². The van der Waals surface area contributed by atoms with Gasteiger partial charge < -0.3 is 29.6 Å².